The van der Waals surface area contributed by atoms with Gasteiger partial charge in [-0.3, -0.25) is 9.78 Å². The molecular formula is C20H16Cl2N2O3. The average Bonchev–Trinajstić information content (AvgIpc) is 2.65. The fraction of sp³-hybridized carbons (Fsp3) is 0.100. The van der Waals surface area contributed by atoms with E-state index in [1.54, 1.807) is 30.6 Å². The van der Waals surface area contributed by atoms with Crippen molar-refractivity contribution in [2.45, 2.75) is 6.42 Å². The third-order valence-corrected chi connectivity index (χ3v) is 4.60. The first-order valence-corrected chi connectivity index (χ1v) is 8.81. The van der Waals surface area contributed by atoms with Crippen LogP contribution in [-0.4, -0.2) is 22.6 Å². The van der Waals surface area contributed by atoms with E-state index in [0.29, 0.717) is 27.8 Å². The number of nitrogens with zero attached hydrogens (tertiary/aromatic N) is 1. The molecule has 0 atom stereocenters. The van der Waals surface area contributed by atoms with Crippen LogP contribution in [0.1, 0.15) is 11.1 Å². The molecule has 3 rings (SSSR count). The van der Waals surface area contributed by atoms with E-state index < -0.39 is 5.91 Å². The fourth-order valence-electron chi connectivity index (χ4n) is 2.65. The highest BCUT2D eigenvalue weighted by Gasteiger charge is 2.12. The van der Waals surface area contributed by atoms with Crippen molar-refractivity contribution in [2.75, 3.05) is 6.61 Å². The summed E-state index contributed by atoms with van der Waals surface area (Å²) in [6.07, 6.45) is 3.80. The maximum Gasteiger partial charge on any atom is 0.255 e. The smallest absolute Gasteiger partial charge is 0.255 e. The highest BCUT2D eigenvalue weighted by Crippen LogP contribution is 2.34. The Labute approximate surface area is 166 Å². The normalized spacial score (nSPS) is 10.6. The third kappa shape index (κ3) is 4.70. The van der Waals surface area contributed by atoms with Gasteiger partial charge < -0.3 is 15.6 Å². The van der Waals surface area contributed by atoms with Crippen molar-refractivity contribution in [3.63, 3.8) is 0 Å². The van der Waals surface area contributed by atoms with E-state index in [9.17, 15) is 9.90 Å². The lowest BCUT2D eigenvalue weighted by Gasteiger charge is -2.12. The quantitative estimate of drug-likeness (QED) is 0.646. The van der Waals surface area contributed by atoms with Gasteiger partial charge in [0.2, 0.25) is 0 Å². The number of phenolic OH excluding ortho intramolecular Hbond substituents is 1. The van der Waals surface area contributed by atoms with Crippen LogP contribution in [0.3, 0.4) is 0 Å². The summed E-state index contributed by atoms with van der Waals surface area (Å²) in [6, 6.07) is 12.2. The van der Waals surface area contributed by atoms with Crippen molar-refractivity contribution in [2.24, 2.45) is 5.73 Å². The number of primary amides is 1. The molecule has 0 saturated carbocycles. The molecule has 1 amide bonds. The van der Waals surface area contributed by atoms with Gasteiger partial charge >= 0.3 is 0 Å². The number of phenols is 1. The molecular weight excluding hydrogens is 387 g/mol. The van der Waals surface area contributed by atoms with Gasteiger partial charge in [-0.1, -0.05) is 29.3 Å². The van der Waals surface area contributed by atoms with Crippen molar-refractivity contribution in [1.29, 1.82) is 0 Å². The van der Waals surface area contributed by atoms with E-state index in [-0.39, 0.29) is 12.4 Å². The number of halogens is 2. The maximum absolute atomic E-state index is 10.8. The number of hydrogen-bond acceptors (Lipinski definition) is 4. The van der Waals surface area contributed by atoms with Crippen molar-refractivity contribution in [3.8, 4) is 22.6 Å². The van der Waals surface area contributed by atoms with Gasteiger partial charge in [0, 0.05) is 34.4 Å². The average molecular weight is 403 g/mol. The second kappa shape index (κ2) is 8.29. The monoisotopic (exact) mass is 402 g/mol. The number of carbonyl (C=O) groups is 1. The molecule has 27 heavy (non-hydrogen) atoms. The third-order valence-electron chi connectivity index (χ3n) is 3.93. The number of rotatable bonds is 6. The van der Waals surface area contributed by atoms with Crippen molar-refractivity contribution in [1.82, 2.24) is 4.98 Å². The molecule has 7 heteroatoms. The van der Waals surface area contributed by atoms with Crippen LogP contribution in [0.4, 0.5) is 0 Å². The van der Waals surface area contributed by atoms with Crippen LogP contribution in [0.2, 0.25) is 10.0 Å². The lowest BCUT2D eigenvalue weighted by molar-refractivity contribution is -0.119. The van der Waals surface area contributed by atoms with E-state index in [0.717, 1.165) is 16.7 Å². The highest BCUT2D eigenvalue weighted by molar-refractivity contribution is 6.36. The topological polar surface area (TPSA) is 85.4 Å². The summed E-state index contributed by atoms with van der Waals surface area (Å²) < 4.78 is 5.24. The van der Waals surface area contributed by atoms with Crippen LogP contribution in [0, 0.1) is 0 Å². The molecule has 0 radical (unpaired) electrons. The summed E-state index contributed by atoms with van der Waals surface area (Å²) in [5.41, 5.74) is 8.27. The number of carbonyl (C=O) groups excluding carboxylic acids is 1. The Morgan fingerprint density at radius 3 is 2.37 bits per heavy atom. The molecule has 5 nitrogen and oxygen atoms in total. The summed E-state index contributed by atoms with van der Waals surface area (Å²) in [5, 5.41) is 11.0. The molecule has 0 bridgehead atoms. The van der Waals surface area contributed by atoms with Crippen molar-refractivity contribution < 1.29 is 14.6 Å². The predicted octanol–water partition coefficient (Wildman–Crippen LogP) is 4.22. The zero-order valence-corrected chi connectivity index (χ0v) is 15.7. The number of nitrogens with two attached hydrogens (primary N) is 1. The van der Waals surface area contributed by atoms with E-state index >= 15 is 0 Å². The zero-order chi connectivity index (χ0) is 19.4. The number of amides is 1. The molecule has 1 aromatic heterocycles. The molecule has 0 aliphatic rings. The summed E-state index contributed by atoms with van der Waals surface area (Å²) in [5.74, 6) is -0.0351. The number of benzene rings is 2. The lowest BCUT2D eigenvalue weighted by atomic mass is 9.98. The Morgan fingerprint density at radius 1 is 1.07 bits per heavy atom. The van der Waals surface area contributed by atoms with Gasteiger partial charge in [-0.25, -0.2) is 0 Å². The van der Waals surface area contributed by atoms with Crippen LogP contribution >= 0.6 is 23.2 Å². The van der Waals surface area contributed by atoms with Gasteiger partial charge in [0.25, 0.3) is 5.91 Å². The maximum atomic E-state index is 10.8. The van der Waals surface area contributed by atoms with E-state index in [4.69, 9.17) is 33.7 Å². The molecule has 0 spiro atoms. The lowest BCUT2D eigenvalue weighted by Crippen LogP contribution is -2.20. The highest BCUT2D eigenvalue weighted by atomic mass is 35.5. The molecule has 0 unspecified atom stereocenters. The van der Waals surface area contributed by atoms with Crippen LogP contribution in [-0.2, 0) is 11.2 Å². The number of ether oxygens (including phenoxy) is 1. The zero-order valence-electron chi connectivity index (χ0n) is 14.2. The van der Waals surface area contributed by atoms with Crippen LogP contribution in [0.5, 0.6) is 11.5 Å². The molecule has 3 aromatic rings. The largest absolute Gasteiger partial charge is 0.507 e. The predicted molar refractivity (Wildman–Crippen MR) is 105 cm³/mol. The standard InChI is InChI=1S/C20H16Cl2N2O3/c21-17-9-14(27-11-20(23)26)10-18(22)16(17)8-12-1-2-19(25)15(7-12)13-3-5-24-6-4-13/h1-7,9-10,25H,8,11H2,(H2,23,26). The molecule has 2 aromatic carbocycles. The van der Waals surface area contributed by atoms with E-state index in [1.165, 1.54) is 0 Å². The van der Waals surface area contributed by atoms with Gasteiger partial charge in [-0.2, -0.15) is 0 Å². The molecule has 138 valence electrons. The van der Waals surface area contributed by atoms with E-state index in [1.807, 2.05) is 24.3 Å². The minimum atomic E-state index is -0.584. The summed E-state index contributed by atoms with van der Waals surface area (Å²) in [7, 11) is 0. The Bertz CT molecular complexity index is 955. The van der Waals surface area contributed by atoms with Gasteiger partial charge in [-0.15, -0.1) is 0 Å². The van der Waals surface area contributed by atoms with Gasteiger partial charge in [0.1, 0.15) is 11.5 Å². The van der Waals surface area contributed by atoms with Crippen molar-refractivity contribution in [3.05, 3.63) is 76.0 Å². The molecule has 0 aliphatic heterocycles. The Hall–Kier alpha value is -2.76. The summed E-state index contributed by atoms with van der Waals surface area (Å²) >= 11 is 12.7. The summed E-state index contributed by atoms with van der Waals surface area (Å²) in [6.45, 7) is -0.251. The van der Waals surface area contributed by atoms with Gasteiger partial charge in [0.05, 0.1) is 0 Å². The Balaban J connectivity index is 1.88. The minimum Gasteiger partial charge on any atom is -0.507 e. The summed E-state index contributed by atoms with van der Waals surface area (Å²) in [4.78, 5) is 14.8. The van der Waals surface area contributed by atoms with Crippen LogP contribution < -0.4 is 10.5 Å². The van der Waals surface area contributed by atoms with Crippen LogP contribution in [0.15, 0.2) is 54.9 Å². The van der Waals surface area contributed by atoms with Gasteiger partial charge in [-0.05, 0) is 53.1 Å². The molecule has 0 aliphatic carbocycles. The second-order valence-corrected chi connectivity index (χ2v) is 6.70. The van der Waals surface area contributed by atoms with Crippen LogP contribution in [0.25, 0.3) is 11.1 Å². The Kier molecular flexibility index (Phi) is 5.84. The Morgan fingerprint density at radius 2 is 1.74 bits per heavy atom. The molecule has 0 saturated heterocycles. The number of aromatic nitrogens is 1. The molecule has 0 fully saturated rings. The minimum absolute atomic E-state index is 0.178. The number of pyridine rings is 1. The second-order valence-electron chi connectivity index (χ2n) is 5.88. The van der Waals surface area contributed by atoms with Crippen molar-refractivity contribution >= 4 is 29.1 Å². The molecule has 1 heterocycles. The first kappa shape index (κ1) is 19.0. The first-order valence-electron chi connectivity index (χ1n) is 8.05. The number of hydrogen-bond donors (Lipinski definition) is 2. The van der Waals surface area contributed by atoms with Gasteiger partial charge in [0.15, 0.2) is 6.61 Å². The first-order chi connectivity index (χ1) is 12.9. The van der Waals surface area contributed by atoms with E-state index in [2.05, 4.69) is 4.98 Å². The molecule has 3 N–H and O–H groups in total. The fourth-order valence-corrected chi connectivity index (χ4v) is 3.25. The number of aromatic hydroxyl groups is 1. The SMILES string of the molecule is NC(=O)COc1cc(Cl)c(Cc2ccc(O)c(-c3ccncc3)c2)c(Cl)c1.